The first-order valence-corrected chi connectivity index (χ1v) is 3.40. The molecule has 11 heavy (non-hydrogen) atoms. The third-order valence-corrected chi connectivity index (χ3v) is 1.66. The van der Waals surface area contributed by atoms with Gasteiger partial charge in [0.2, 0.25) is 0 Å². The molecule has 0 saturated heterocycles. The average molecular weight is 320 g/mol. The van der Waals surface area contributed by atoms with E-state index in [9.17, 15) is 0 Å². The van der Waals surface area contributed by atoms with Gasteiger partial charge in [-0.1, -0.05) is 48.5 Å². The molecule has 0 aliphatic rings. The maximum absolute atomic E-state index is 2.12. The summed E-state index contributed by atoms with van der Waals surface area (Å²) in [5, 5.41) is 2.62. The van der Waals surface area contributed by atoms with Crippen molar-refractivity contribution in [1.82, 2.24) is 0 Å². The molecule has 0 aromatic heterocycles. The van der Waals surface area contributed by atoms with Crippen molar-refractivity contribution in [3.05, 3.63) is 48.5 Å². The second-order valence-electron chi connectivity index (χ2n) is 2.35. The third-order valence-electron chi connectivity index (χ3n) is 1.66. The molecule has 2 rings (SSSR count). The van der Waals surface area contributed by atoms with E-state index >= 15 is 0 Å². The van der Waals surface area contributed by atoms with Crippen molar-refractivity contribution < 1.29 is 19.8 Å². The van der Waals surface area contributed by atoms with Crippen LogP contribution in [-0.2, 0) is 19.8 Å². The minimum absolute atomic E-state index is 0. The Hall–Kier alpha value is -0.664. The van der Waals surface area contributed by atoms with Crippen molar-refractivity contribution in [3.63, 3.8) is 0 Å². The third kappa shape index (κ3) is 1.67. The van der Waals surface area contributed by atoms with Crippen LogP contribution in [0.4, 0.5) is 0 Å². The van der Waals surface area contributed by atoms with E-state index in [1.54, 1.807) is 0 Å². The summed E-state index contributed by atoms with van der Waals surface area (Å²) in [5.41, 5.74) is 0. The van der Waals surface area contributed by atoms with Crippen LogP contribution in [0.15, 0.2) is 48.5 Å². The number of hydrogen-bond acceptors (Lipinski definition) is 0. The summed E-state index contributed by atoms with van der Waals surface area (Å²) in [6.07, 6.45) is 0. The van der Waals surface area contributed by atoms with Crippen LogP contribution < -0.4 is 0 Å². The van der Waals surface area contributed by atoms with Gasteiger partial charge in [0.25, 0.3) is 0 Å². The van der Waals surface area contributed by atoms with Gasteiger partial charge in [-0.3, -0.25) is 0 Å². The van der Waals surface area contributed by atoms with E-state index in [4.69, 9.17) is 0 Å². The van der Waals surface area contributed by atoms with Crippen molar-refractivity contribution in [3.8, 4) is 0 Å². The molecule has 0 aliphatic heterocycles. The van der Waals surface area contributed by atoms with E-state index in [0.717, 1.165) is 0 Å². The van der Waals surface area contributed by atoms with Gasteiger partial charge in [0.05, 0.1) is 0 Å². The van der Waals surface area contributed by atoms with Gasteiger partial charge in [0, 0.05) is 0 Å². The van der Waals surface area contributed by atoms with E-state index in [0.29, 0.717) is 0 Å². The first-order valence-electron chi connectivity index (χ1n) is 3.40. The maximum Gasteiger partial charge on any atom is -0.0184 e. The number of fused-ring (bicyclic) bond motifs is 1. The van der Waals surface area contributed by atoms with E-state index in [1.165, 1.54) is 10.8 Å². The zero-order chi connectivity index (χ0) is 6.81. The molecule has 0 atom stereocenters. The molecule has 0 amide bonds. The summed E-state index contributed by atoms with van der Waals surface area (Å²) >= 11 is 0. The molecular weight excluding hydrogens is 310 g/mol. The van der Waals surface area contributed by atoms with Crippen LogP contribution in [-0.4, -0.2) is 0 Å². The van der Waals surface area contributed by atoms with Crippen molar-refractivity contribution in [2.24, 2.45) is 0 Å². The second-order valence-corrected chi connectivity index (χ2v) is 2.35. The van der Waals surface area contributed by atoms with E-state index in [1.807, 2.05) is 0 Å². The number of benzene rings is 2. The molecule has 0 unspecified atom stereocenters. The van der Waals surface area contributed by atoms with E-state index in [-0.39, 0.29) is 19.8 Å². The SMILES string of the molecule is [OsH2].c1ccc2ccccc2c1. The molecule has 0 spiro atoms. The Morgan fingerprint density at radius 2 is 0.818 bits per heavy atom. The Morgan fingerprint density at radius 1 is 0.545 bits per heavy atom. The molecule has 2 aromatic rings. The molecule has 0 bridgehead atoms. The summed E-state index contributed by atoms with van der Waals surface area (Å²) in [6, 6.07) is 16.7. The van der Waals surface area contributed by atoms with Crippen molar-refractivity contribution in [2.45, 2.75) is 0 Å². The van der Waals surface area contributed by atoms with Crippen LogP contribution in [0.2, 0.25) is 0 Å². The fraction of sp³-hybridized carbons (Fsp3) is 0. The zero-order valence-corrected chi connectivity index (χ0v) is 8.96. The molecule has 2 aromatic carbocycles. The maximum atomic E-state index is 2.12. The average Bonchev–Trinajstić information content (AvgIpc) is 2.05. The largest absolute Gasteiger partial charge is 0.0616 e. The van der Waals surface area contributed by atoms with Crippen molar-refractivity contribution in [1.29, 1.82) is 0 Å². The topological polar surface area (TPSA) is 0 Å². The van der Waals surface area contributed by atoms with Crippen LogP contribution in [0.3, 0.4) is 0 Å². The molecule has 0 aliphatic carbocycles. The summed E-state index contributed by atoms with van der Waals surface area (Å²) in [7, 11) is 0. The Kier molecular flexibility index (Phi) is 2.80. The Bertz CT molecular complexity index is 276. The smallest absolute Gasteiger partial charge is 0.0184 e. The zero-order valence-electron chi connectivity index (χ0n) is 6.03. The molecule has 0 nitrogen and oxygen atoms in total. The van der Waals surface area contributed by atoms with Gasteiger partial charge in [0.15, 0.2) is 0 Å². The van der Waals surface area contributed by atoms with Gasteiger partial charge >= 0.3 is 19.8 Å². The summed E-state index contributed by atoms with van der Waals surface area (Å²) < 4.78 is 0. The van der Waals surface area contributed by atoms with Gasteiger partial charge in [0.1, 0.15) is 0 Å². The summed E-state index contributed by atoms with van der Waals surface area (Å²) in [4.78, 5) is 0. The monoisotopic (exact) mass is 322 g/mol. The fourth-order valence-corrected chi connectivity index (χ4v) is 1.13. The molecule has 1 heteroatoms. The normalized spacial score (nSPS) is 9.09. The van der Waals surface area contributed by atoms with Gasteiger partial charge < -0.3 is 0 Å². The van der Waals surface area contributed by atoms with Crippen molar-refractivity contribution in [2.75, 3.05) is 0 Å². The number of rotatable bonds is 0. The van der Waals surface area contributed by atoms with Crippen LogP contribution in [0.5, 0.6) is 0 Å². The number of hydrogen-bond donors (Lipinski definition) is 0. The fourth-order valence-electron chi connectivity index (χ4n) is 1.13. The molecule has 0 radical (unpaired) electrons. The van der Waals surface area contributed by atoms with Gasteiger partial charge in [-0.05, 0) is 10.8 Å². The minimum Gasteiger partial charge on any atom is -0.0616 e. The van der Waals surface area contributed by atoms with E-state index in [2.05, 4.69) is 48.5 Å². The standard InChI is InChI=1S/C10H8.Os.2H/c1-2-6-10-8-4-3-7-9(10)5-1;;;/h1-8H;;;. The first-order chi connectivity index (χ1) is 4.97. The molecule has 0 heterocycles. The molecule has 0 N–H and O–H groups in total. The Labute approximate surface area is 79.3 Å². The van der Waals surface area contributed by atoms with Crippen LogP contribution >= 0.6 is 0 Å². The summed E-state index contributed by atoms with van der Waals surface area (Å²) in [5.74, 6) is 0. The van der Waals surface area contributed by atoms with Gasteiger partial charge in [-0.15, -0.1) is 0 Å². The van der Waals surface area contributed by atoms with Crippen LogP contribution in [0.1, 0.15) is 0 Å². The van der Waals surface area contributed by atoms with Crippen LogP contribution in [0.25, 0.3) is 10.8 Å². The summed E-state index contributed by atoms with van der Waals surface area (Å²) in [6.45, 7) is 0. The Morgan fingerprint density at radius 3 is 1.09 bits per heavy atom. The molecule has 0 fully saturated rings. The van der Waals surface area contributed by atoms with E-state index < -0.39 is 0 Å². The molecular formula is C10H10Os. The molecule has 0 saturated carbocycles. The van der Waals surface area contributed by atoms with Crippen LogP contribution in [0, 0.1) is 0 Å². The second kappa shape index (κ2) is 3.65. The minimum atomic E-state index is 0. The predicted octanol–water partition coefficient (Wildman–Crippen LogP) is 2.30. The first kappa shape index (κ1) is 8.43. The predicted molar refractivity (Wildman–Crippen MR) is 46.7 cm³/mol. The van der Waals surface area contributed by atoms with Gasteiger partial charge in [-0.2, -0.15) is 0 Å². The quantitative estimate of drug-likeness (QED) is 0.699. The molecule has 58 valence electrons. The Balaban J connectivity index is 0.000000605. The van der Waals surface area contributed by atoms with Gasteiger partial charge in [-0.25, -0.2) is 0 Å². The van der Waals surface area contributed by atoms with Crippen molar-refractivity contribution >= 4 is 10.8 Å².